The van der Waals surface area contributed by atoms with Crippen LogP contribution in [-0.2, 0) is 0 Å². The first kappa shape index (κ1) is 12.9. The molecule has 4 saturated carbocycles. The maximum absolute atomic E-state index is 10.7. The van der Waals surface area contributed by atoms with Gasteiger partial charge in [0.15, 0.2) is 0 Å². The highest BCUT2D eigenvalue weighted by atomic mass is 16.6. The molecule has 4 aliphatic rings. The third-order valence-electron chi connectivity index (χ3n) is 5.59. The molecule has 0 unspecified atom stereocenters. The first-order valence-corrected chi connectivity index (χ1v) is 7.90. The van der Waals surface area contributed by atoms with Gasteiger partial charge in [0, 0.05) is 23.1 Å². The molecule has 0 aliphatic heterocycles. The Labute approximate surface area is 124 Å². The molecule has 4 fully saturated rings. The van der Waals surface area contributed by atoms with Crippen molar-refractivity contribution in [1.29, 1.82) is 0 Å². The largest absolute Gasteiger partial charge is 0.269 e. The van der Waals surface area contributed by atoms with E-state index < -0.39 is 0 Å². The van der Waals surface area contributed by atoms with Crippen LogP contribution in [0.25, 0.3) is 0 Å². The smallest absolute Gasteiger partial charge is 0.258 e. The van der Waals surface area contributed by atoms with Crippen molar-refractivity contribution < 1.29 is 4.92 Å². The van der Waals surface area contributed by atoms with E-state index >= 15 is 0 Å². The normalized spacial score (nSPS) is 36.1. The first-order chi connectivity index (χ1) is 10.1. The predicted octanol–water partition coefficient (Wildman–Crippen LogP) is 4.16. The Morgan fingerprint density at radius 2 is 1.52 bits per heavy atom. The Morgan fingerprint density at radius 1 is 1.00 bits per heavy atom. The van der Waals surface area contributed by atoms with Crippen molar-refractivity contribution >= 4 is 5.69 Å². The average molecular weight is 281 g/mol. The molecule has 5 rings (SSSR count). The molecule has 4 aliphatic carbocycles. The number of benzene rings is 1. The molecular weight excluding hydrogens is 262 g/mol. The molecule has 4 bridgehead atoms. The van der Waals surface area contributed by atoms with Crippen LogP contribution in [0.4, 0.5) is 5.69 Å². The second-order valence-electron chi connectivity index (χ2n) is 7.25. The van der Waals surface area contributed by atoms with Crippen LogP contribution in [0.15, 0.2) is 24.3 Å². The third-order valence-corrected chi connectivity index (χ3v) is 5.59. The monoisotopic (exact) mass is 281 g/mol. The zero-order chi connectivity index (χ0) is 14.4. The van der Waals surface area contributed by atoms with Crippen LogP contribution in [0.2, 0.25) is 0 Å². The summed E-state index contributed by atoms with van der Waals surface area (Å²) >= 11 is 0. The minimum absolute atomic E-state index is 0.135. The van der Waals surface area contributed by atoms with Crippen LogP contribution in [0.1, 0.15) is 44.1 Å². The van der Waals surface area contributed by atoms with E-state index in [-0.39, 0.29) is 16.0 Å². The zero-order valence-electron chi connectivity index (χ0n) is 12.0. The van der Waals surface area contributed by atoms with Gasteiger partial charge in [0.25, 0.3) is 5.69 Å². The summed E-state index contributed by atoms with van der Waals surface area (Å²) in [7, 11) is 0. The summed E-state index contributed by atoms with van der Waals surface area (Å²) in [6, 6.07) is 6.63. The van der Waals surface area contributed by atoms with Crippen LogP contribution in [0.3, 0.4) is 0 Å². The van der Waals surface area contributed by atoms with Crippen molar-refractivity contribution in [1.82, 2.24) is 0 Å². The second kappa shape index (κ2) is 4.59. The molecule has 108 valence electrons. The van der Waals surface area contributed by atoms with Gasteiger partial charge in [-0.1, -0.05) is 11.8 Å². The average Bonchev–Trinajstić information content (AvgIpc) is 2.44. The molecule has 0 aromatic heterocycles. The summed E-state index contributed by atoms with van der Waals surface area (Å²) in [5, 5.41) is 10.7. The van der Waals surface area contributed by atoms with Crippen LogP contribution < -0.4 is 0 Å². The highest BCUT2D eigenvalue weighted by molar-refractivity contribution is 5.42. The molecule has 3 nitrogen and oxygen atoms in total. The molecule has 0 saturated heterocycles. The molecular formula is C18H19NO2. The predicted molar refractivity (Wildman–Crippen MR) is 80.6 cm³/mol. The van der Waals surface area contributed by atoms with Crippen molar-refractivity contribution in [2.75, 3.05) is 0 Å². The second-order valence-corrected chi connectivity index (χ2v) is 7.25. The van der Waals surface area contributed by atoms with E-state index in [9.17, 15) is 10.1 Å². The molecule has 0 radical (unpaired) electrons. The van der Waals surface area contributed by atoms with Gasteiger partial charge in [0.2, 0.25) is 0 Å². The van der Waals surface area contributed by atoms with E-state index in [0.29, 0.717) is 0 Å². The highest BCUT2D eigenvalue weighted by Crippen LogP contribution is 2.59. The van der Waals surface area contributed by atoms with Gasteiger partial charge in [-0.25, -0.2) is 0 Å². The fraction of sp³-hybridized carbons (Fsp3) is 0.556. The summed E-state index contributed by atoms with van der Waals surface area (Å²) in [6.45, 7) is 0. The summed E-state index contributed by atoms with van der Waals surface area (Å²) in [5.41, 5.74) is 1.28. The Balaban J connectivity index is 1.57. The van der Waals surface area contributed by atoms with Gasteiger partial charge in [0.1, 0.15) is 0 Å². The van der Waals surface area contributed by atoms with Crippen molar-refractivity contribution in [2.45, 2.75) is 38.5 Å². The summed E-state index contributed by atoms with van der Waals surface area (Å²) < 4.78 is 0. The van der Waals surface area contributed by atoms with Crippen molar-refractivity contribution in [3.8, 4) is 11.8 Å². The van der Waals surface area contributed by atoms with Crippen LogP contribution in [-0.4, -0.2) is 4.92 Å². The van der Waals surface area contributed by atoms with Gasteiger partial charge in [-0.3, -0.25) is 10.1 Å². The molecule has 1 aromatic carbocycles. The summed E-state index contributed by atoms with van der Waals surface area (Å²) in [5.74, 6) is 9.58. The standard InChI is InChI=1S/C18H19NO2/c20-19(21)17-3-1-13(2-4-17)5-6-18-10-14-7-15(11-18)9-16(8-14)12-18/h1-4,14-16H,7-12H2. The number of nitro benzene ring substituents is 1. The van der Waals surface area contributed by atoms with Gasteiger partial charge in [-0.2, -0.15) is 0 Å². The fourth-order valence-electron chi connectivity index (χ4n) is 5.13. The lowest BCUT2D eigenvalue weighted by Crippen LogP contribution is -2.45. The highest BCUT2D eigenvalue weighted by Gasteiger charge is 2.50. The molecule has 0 atom stereocenters. The quantitative estimate of drug-likeness (QED) is 0.440. The lowest BCUT2D eigenvalue weighted by Gasteiger charge is -2.54. The minimum atomic E-state index is -0.365. The Morgan fingerprint density at radius 3 is 2.00 bits per heavy atom. The molecule has 0 spiro atoms. The number of nitrogens with zero attached hydrogens (tertiary/aromatic N) is 1. The van der Waals surface area contributed by atoms with E-state index in [0.717, 1.165) is 23.3 Å². The Kier molecular flexibility index (Phi) is 2.82. The van der Waals surface area contributed by atoms with Crippen LogP contribution in [0.5, 0.6) is 0 Å². The van der Waals surface area contributed by atoms with E-state index in [1.807, 2.05) is 0 Å². The molecule has 0 N–H and O–H groups in total. The summed E-state index contributed by atoms with van der Waals surface area (Å²) in [6.07, 6.45) is 8.12. The molecule has 0 amide bonds. The molecule has 21 heavy (non-hydrogen) atoms. The molecule has 1 aromatic rings. The van der Waals surface area contributed by atoms with Gasteiger partial charge >= 0.3 is 0 Å². The van der Waals surface area contributed by atoms with E-state index in [4.69, 9.17) is 0 Å². The molecule has 3 heteroatoms. The Bertz CT molecular complexity index is 600. The van der Waals surface area contributed by atoms with Gasteiger partial charge in [-0.05, 0) is 68.4 Å². The van der Waals surface area contributed by atoms with Gasteiger partial charge in [-0.15, -0.1) is 0 Å². The maximum Gasteiger partial charge on any atom is 0.269 e. The lowest BCUT2D eigenvalue weighted by atomic mass is 9.50. The molecule has 0 heterocycles. The SMILES string of the molecule is O=[N+]([O-])c1ccc(C#CC23CC4CC(CC(C4)C2)C3)cc1. The first-order valence-electron chi connectivity index (χ1n) is 7.90. The van der Waals surface area contributed by atoms with Gasteiger partial charge < -0.3 is 0 Å². The van der Waals surface area contributed by atoms with Crippen molar-refractivity contribution in [2.24, 2.45) is 23.2 Å². The van der Waals surface area contributed by atoms with Crippen LogP contribution >= 0.6 is 0 Å². The minimum Gasteiger partial charge on any atom is -0.258 e. The van der Waals surface area contributed by atoms with Crippen molar-refractivity contribution in [3.05, 3.63) is 39.9 Å². The van der Waals surface area contributed by atoms with Gasteiger partial charge in [0.05, 0.1) is 4.92 Å². The number of hydrogen-bond donors (Lipinski definition) is 0. The third kappa shape index (κ3) is 2.33. The van der Waals surface area contributed by atoms with Crippen LogP contribution in [0, 0.1) is 45.1 Å². The maximum atomic E-state index is 10.7. The lowest BCUT2D eigenvalue weighted by molar-refractivity contribution is -0.384. The van der Waals surface area contributed by atoms with Crippen molar-refractivity contribution in [3.63, 3.8) is 0 Å². The topological polar surface area (TPSA) is 43.1 Å². The van der Waals surface area contributed by atoms with E-state index in [1.54, 1.807) is 24.3 Å². The number of hydrogen-bond acceptors (Lipinski definition) is 2. The fourth-order valence-corrected chi connectivity index (χ4v) is 5.13. The van der Waals surface area contributed by atoms with E-state index in [1.165, 1.54) is 38.5 Å². The number of non-ortho nitro benzene ring substituents is 1. The Hall–Kier alpha value is -1.82. The number of rotatable bonds is 1. The summed E-state index contributed by atoms with van der Waals surface area (Å²) in [4.78, 5) is 10.3. The zero-order valence-corrected chi connectivity index (χ0v) is 12.0. The van der Waals surface area contributed by atoms with E-state index in [2.05, 4.69) is 11.8 Å². The number of nitro groups is 1.